The van der Waals surface area contributed by atoms with Crippen LogP contribution in [0, 0.1) is 0 Å². The van der Waals surface area contributed by atoms with Gasteiger partial charge in [-0.3, -0.25) is 4.79 Å². The van der Waals surface area contributed by atoms with E-state index in [1.807, 2.05) is 0 Å². The van der Waals surface area contributed by atoms with Gasteiger partial charge in [0.05, 0.1) is 0 Å². The van der Waals surface area contributed by atoms with Gasteiger partial charge >= 0.3 is 5.97 Å². The second kappa shape index (κ2) is 4.43. The van der Waals surface area contributed by atoms with Crippen LogP contribution in [0.5, 0.6) is 0 Å². The van der Waals surface area contributed by atoms with Gasteiger partial charge in [-0.2, -0.15) is 0 Å². The molecule has 0 radical (unpaired) electrons. The van der Waals surface area contributed by atoms with Crippen molar-refractivity contribution in [2.75, 3.05) is 0 Å². The van der Waals surface area contributed by atoms with Crippen LogP contribution in [0.3, 0.4) is 0 Å². The summed E-state index contributed by atoms with van der Waals surface area (Å²) in [6.45, 7) is 0. The molecule has 2 rings (SSSR count). The zero-order valence-corrected chi connectivity index (χ0v) is 9.36. The second-order valence-corrected chi connectivity index (χ2v) is 3.87. The summed E-state index contributed by atoms with van der Waals surface area (Å²) in [7, 11) is 0. The summed E-state index contributed by atoms with van der Waals surface area (Å²) in [6, 6.07) is 9.74. The molecule has 0 unspecified atom stereocenters. The Hall–Kier alpha value is -2.07. The van der Waals surface area contributed by atoms with E-state index in [2.05, 4.69) is 4.98 Å². The SMILES string of the molecule is O=C(O)c1ccc(-c2cccc(Cl)c2)[nH]c1=O. The number of pyridine rings is 1. The maximum absolute atomic E-state index is 11.5. The van der Waals surface area contributed by atoms with Crippen LogP contribution in [0.1, 0.15) is 10.4 Å². The average molecular weight is 250 g/mol. The van der Waals surface area contributed by atoms with Gasteiger partial charge in [0.1, 0.15) is 5.56 Å². The number of rotatable bonds is 2. The number of nitrogens with one attached hydrogen (secondary N) is 1. The monoisotopic (exact) mass is 249 g/mol. The molecule has 0 aliphatic heterocycles. The number of hydrogen-bond donors (Lipinski definition) is 2. The number of aromatic amines is 1. The summed E-state index contributed by atoms with van der Waals surface area (Å²) < 4.78 is 0. The maximum Gasteiger partial charge on any atom is 0.341 e. The molecule has 0 saturated heterocycles. The molecule has 0 fully saturated rings. The first-order valence-corrected chi connectivity index (χ1v) is 5.18. The molecule has 2 aromatic rings. The lowest BCUT2D eigenvalue weighted by molar-refractivity contribution is 0.0695. The molecular formula is C12H8ClNO3. The van der Waals surface area contributed by atoms with E-state index in [0.717, 1.165) is 5.56 Å². The van der Waals surface area contributed by atoms with E-state index in [0.29, 0.717) is 10.7 Å². The van der Waals surface area contributed by atoms with Gasteiger partial charge in [-0.05, 0) is 29.8 Å². The Balaban J connectivity index is 2.52. The third-order valence-corrected chi connectivity index (χ3v) is 2.51. The van der Waals surface area contributed by atoms with Crippen molar-refractivity contribution in [3.63, 3.8) is 0 Å². The summed E-state index contributed by atoms with van der Waals surface area (Å²) in [4.78, 5) is 24.7. The van der Waals surface area contributed by atoms with E-state index in [-0.39, 0.29) is 5.56 Å². The minimum atomic E-state index is -1.25. The minimum Gasteiger partial charge on any atom is -0.477 e. The topological polar surface area (TPSA) is 70.2 Å². The Bertz CT molecular complexity index is 634. The van der Waals surface area contributed by atoms with Crippen molar-refractivity contribution in [1.29, 1.82) is 0 Å². The molecule has 17 heavy (non-hydrogen) atoms. The number of halogens is 1. The fourth-order valence-corrected chi connectivity index (χ4v) is 1.66. The van der Waals surface area contributed by atoms with Gasteiger partial charge in [0.15, 0.2) is 0 Å². The van der Waals surface area contributed by atoms with Gasteiger partial charge in [-0.1, -0.05) is 23.7 Å². The lowest BCUT2D eigenvalue weighted by Crippen LogP contribution is -2.17. The van der Waals surface area contributed by atoms with Gasteiger partial charge in [-0.15, -0.1) is 0 Å². The van der Waals surface area contributed by atoms with Crippen LogP contribution in [0.25, 0.3) is 11.3 Å². The van der Waals surface area contributed by atoms with E-state index < -0.39 is 11.5 Å². The number of aromatic nitrogens is 1. The smallest absolute Gasteiger partial charge is 0.341 e. The van der Waals surface area contributed by atoms with Crippen LogP contribution >= 0.6 is 11.6 Å². The first-order chi connectivity index (χ1) is 8.08. The van der Waals surface area contributed by atoms with E-state index in [1.54, 1.807) is 24.3 Å². The van der Waals surface area contributed by atoms with Crippen LogP contribution in [0.2, 0.25) is 5.02 Å². The zero-order chi connectivity index (χ0) is 12.4. The standard InChI is InChI=1S/C12H8ClNO3/c13-8-3-1-2-7(6-8)10-5-4-9(12(16)17)11(15)14-10/h1-6H,(H,14,15)(H,16,17). The maximum atomic E-state index is 11.5. The molecule has 0 bridgehead atoms. The highest BCUT2D eigenvalue weighted by atomic mass is 35.5. The molecule has 1 aromatic heterocycles. The summed E-state index contributed by atoms with van der Waals surface area (Å²) in [5, 5.41) is 9.28. The van der Waals surface area contributed by atoms with Gasteiger partial charge in [0.2, 0.25) is 0 Å². The van der Waals surface area contributed by atoms with Crippen LogP contribution in [0.15, 0.2) is 41.2 Å². The Morgan fingerprint density at radius 2 is 2.00 bits per heavy atom. The largest absolute Gasteiger partial charge is 0.477 e. The van der Waals surface area contributed by atoms with E-state index >= 15 is 0 Å². The van der Waals surface area contributed by atoms with Crippen molar-refractivity contribution in [1.82, 2.24) is 4.98 Å². The molecule has 0 amide bonds. The highest BCUT2D eigenvalue weighted by molar-refractivity contribution is 6.30. The lowest BCUT2D eigenvalue weighted by Gasteiger charge is -2.02. The molecule has 5 heteroatoms. The molecule has 1 aromatic carbocycles. The van der Waals surface area contributed by atoms with Crippen LogP contribution < -0.4 is 5.56 Å². The van der Waals surface area contributed by atoms with Crippen molar-refractivity contribution in [2.45, 2.75) is 0 Å². The molecule has 2 N–H and O–H groups in total. The molecule has 0 aliphatic carbocycles. The van der Waals surface area contributed by atoms with Gasteiger partial charge in [0, 0.05) is 10.7 Å². The normalized spacial score (nSPS) is 10.2. The first-order valence-electron chi connectivity index (χ1n) is 4.80. The zero-order valence-electron chi connectivity index (χ0n) is 8.61. The molecule has 4 nitrogen and oxygen atoms in total. The number of carboxylic acid groups (broad SMARTS) is 1. The predicted molar refractivity (Wildman–Crippen MR) is 64.5 cm³/mol. The van der Waals surface area contributed by atoms with Crippen molar-refractivity contribution in [3.8, 4) is 11.3 Å². The summed E-state index contributed by atoms with van der Waals surface area (Å²) in [6.07, 6.45) is 0. The van der Waals surface area contributed by atoms with Crippen molar-refractivity contribution in [3.05, 3.63) is 57.3 Å². The van der Waals surface area contributed by atoms with Gasteiger partial charge in [0.25, 0.3) is 5.56 Å². The number of H-pyrrole nitrogens is 1. The van der Waals surface area contributed by atoms with E-state index in [1.165, 1.54) is 12.1 Å². The third-order valence-electron chi connectivity index (χ3n) is 2.28. The highest BCUT2D eigenvalue weighted by Crippen LogP contribution is 2.19. The Morgan fingerprint density at radius 3 is 2.59 bits per heavy atom. The van der Waals surface area contributed by atoms with Crippen molar-refractivity contribution in [2.24, 2.45) is 0 Å². The van der Waals surface area contributed by atoms with Crippen LogP contribution in [-0.2, 0) is 0 Å². The quantitative estimate of drug-likeness (QED) is 0.859. The number of benzene rings is 1. The predicted octanol–water partition coefficient (Wildman–Crippen LogP) is 2.39. The van der Waals surface area contributed by atoms with Gasteiger partial charge < -0.3 is 10.1 Å². The fraction of sp³-hybridized carbons (Fsp3) is 0. The summed E-state index contributed by atoms with van der Waals surface area (Å²) in [5.41, 5.74) is 0.347. The molecule has 1 heterocycles. The number of aromatic carboxylic acids is 1. The van der Waals surface area contributed by atoms with Crippen LogP contribution in [-0.4, -0.2) is 16.1 Å². The fourth-order valence-electron chi connectivity index (χ4n) is 1.47. The van der Waals surface area contributed by atoms with Crippen LogP contribution in [0.4, 0.5) is 0 Å². The molecule has 0 aliphatic rings. The molecule has 0 spiro atoms. The number of carbonyl (C=O) groups is 1. The van der Waals surface area contributed by atoms with E-state index in [4.69, 9.17) is 16.7 Å². The second-order valence-electron chi connectivity index (χ2n) is 3.43. The first kappa shape index (κ1) is 11.4. The van der Waals surface area contributed by atoms with Gasteiger partial charge in [-0.25, -0.2) is 4.79 Å². The summed E-state index contributed by atoms with van der Waals surface area (Å²) in [5.74, 6) is -1.25. The molecule has 0 saturated carbocycles. The third kappa shape index (κ3) is 2.37. The Labute approximate surface area is 101 Å². The Morgan fingerprint density at radius 1 is 1.24 bits per heavy atom. The lowest BCUT2D eigenvalue weighted by atomic mass is 10.1. The van der Waals surface area contributed by atoms with Crippen molar-refractivity contribution >= 4 is 17.6 Å². The van der Waals surface area contributed by atoms with E-state index in [9.17, 15) is 9.59 Å². The van der Waals surface area contributed by atoms with Crippen molar-refractivity contribution < 1.29 is 9.90 Å². The molecular weight excluding hydrogens is 242 g/mol. The number of hydrogen-bond acceptors (Lipinski definition) is 2. The molecule has 86 valence electrons. The molecule has 0 atom stereocenters. The summed E-state index contributed by atoms with van der Waals surface area (Å²) >= 11 is 5.83. The highest BCUT2D eigenvalue weighted by Gasteiger charge is 2.09. The number of carboxylic acids is 1. The minimum absolute atomic E-state index is 0.282. The Kier molecular flexibility index (Phi) is 2.97. The average Bonchev–Trinajstić information content (AvgIpc) is 2.28.